The fraction of sp³-hybridized carbons (Fsp3) is 0.0682. The van der Waals surface area contributed by atoms with Crippen LogP contribution in [0.2, 0.25) is 15.5 Å². The molecule has 72 heavy (non-hydrogen) atoms. The second kappa shape index (κ2) is 28.0. The number of terminal acetylenes is 1. The van der Waals surface area contributed by atoms with Crippen molar-refractivity contribution in [3.63, 3.8) is 0 Å². The summed E-state index contributed by atoms with van der Waals surface area (Å²) in [5.41, 5.74) is 2.85. The molecular weight excluding hydrogens is 1260 g/mol. The van der Waals surface area contributed by atoms with E-state index in [1.165, 1.54) is 70.0 Å². The van der Waals surface area contributed by atoms with Crippen LogP contribution in [-0.4, -0.2) is 71.5 Å². The number of halogens is 14. The second-order valence-electron chi connectivity index (χ2n) is 12.7. The second-order valence-corrected chi connectivity index (χ2v) is 16.1. The smallest absolute Gasteiger partial charge is 0.537 e. The third-order valence-electron chi connectivity index (χ3n) is 7.57. The van der Waals surface area contributed by atoms with Crippen molar-refractivity contribution in [3.05, 3.63) is 180 Å². The Labute approximate surface area is 445 Å². The first-order chi connectivity index (χ1) is 34.0. The average Bonchev–Trinajstić information content (AvgIpc) is 4.02. The fourth-order valence-electron chi connectivity index (χ4n) is 4.69. The zero-order valence-corrected chi connectivity index (χ0v) is 42.0. The third kappa shape index (κ3) is 22.0. The zero-order chi connectivity index (χ0) is 52.9. The summed E-state index contributed by atoms with van der Waals surface area (Å²) < 4.78 is 128. The van der Waals surface area contributed by atoms with Gasteiger partial charge in [0, 0.05) is 24.8 Å². The predicted molar refractivity (Wildman–Crippen MR) is 264 cm³/mol. The van der Waals surface area contributed by atoms with E-state index in [4.69, 9.17) is 46.3 Å². The maximum atomic E-state index is 12.2. The molecule has 2 N–H and O–H groups in total. The summed E-state index contributed by atoms with van der Waals surface area (Å²) in [5.74, 6) is 7.41. The molecule has 13 nitrogen and oxygen atoms in total. The third-order valence-corrected chi connectivity index (χ3v) is 10.7. The van der Waals surface area contributed by atoms with E-state index >= 15 is 0 Å². The lowest BCUT2D eigenvalue weighted by atomic mass is 10.3. The topological polar surface area (TPSA) is 147 Å². The zero-order valence-electron chi connectivity index (χ0n) is 35.4. The van der Waals surface area contributed by atoms with Crippen molar-refractivity contribution < 1.29 is 63.4 Å². The van der Waals surface area contributed by atoms with Crippen LogP contribution in [0.25, 0.3) is 11.4 Å². The Morgan fingerprint density at radius 1 is 0.583 bits per heavy atom. The summed E-state index contributed by atoms with van der Waals surface area (Å²) in [6.07, 6.45) is -0.865. The van der Waals surface area contributed by atoms with E-state index < -0.39 is 19.1 Å². The molecule has 0 spiro atoms. The molecule has 28 heteroatoms. The summed E-state index contributed by atoms with van der Waals surface area (Å²) in [6.45, 7) is 0. The number of rotatable bonds is 7. The lowest BCUT2D eigenvalue weighted by Gasteiger charge is -2.09. The molecule has 8 rings (SSSR count). The van der Waals surface area contributed by atoms with E-state index in [0.29, 0.717) is 46.3 Å². The Hall–Kier alpha value is -6.37. The number of hydrogen-bond donors (Lipinski definition) is 2. The molecule has 0 saturated carbocycles. The maximum Gasteiger partial charge on any atom is 0.573 e. The number of hydrogen-bond acceptors (Lipinski definition) is 10. The number of nitrogens with one attached hydrogen (secondary N) is 1. The van der Waals surface area contributed by atoms with Crippen LogP contribution in [0.3, 0.4) is 0 Å². The molecule has 0 bridgehead atoms. The molecule has 0 saturated heterocycles. The normalized spacial score (nSPS) is 10.6. The minimum Gasteiger partial charge on any atom is -0.537 e. The van der Waals surface area contributed by atoms with Gasteiger partial charge in [0.1, 0.15) is 39.5 Å². The predicted octanol–water partition coefficient (Wildman–Crippen LogP) is 12.5. The van der Waals surface area contributed by atoms with E-state index in [0.717, 1.165) is 19.3 Å². The van der Waals surface area contributed by atoms with Crippen molar-refractivity contribution in [1.82, 2.24) is 39.7 Å². The largest absolute Gasteiger partial charge is 0.573 e. The van der Waals surface area contributed by atoms with E-state index in [2.05, 4.69) is 89.6 Å². The molecule has 0 fully saturated rings. The highest BCUT2D eigenvalue weighted by molar-refractivity contribution is 14.1. The van der Waals surface area contributed by atoms with Gasteiger partial charge < -0.3 is 23.9 Å². The average molecular weight is 1290 g/mol. The van der Waals surface area contributed by atoms with Crippen LogP contribution < -0.4 is 18.9 Å². The molecule has 8 aromatic rings. The van der Waals surface area contributed by atoms with Gasteiger partial charge in [-0.25, -0.2) is 19.3 Å². The molecule has 5 aromatic heterocycles. The molecule has 0 amide bonds. The van der Waals surface area contributed by atoms with Crippen molar-refractivity contribution >= 4 is 87.7 Å². The molecule has 0 aliphatic carbocycles. The van der Waals surface area contributed by atoms with Crippen LogP contribution in [0, 0.1) is 31.3 Å². The van der Waals surface area contributed by atoms with Crippen molar-refractivity contribution in [2.75, 3.05) is 0 Å². The minimum atomic E-state index is -4.73. The fourth-order valence-corrected chi connectivity index (χ4v) is 5.72. The number of pyridine rings is 2. The Balaban J connectivity index is 0.000000210. The number of nitrogens with zero attached hydrogens (tertiary/aromatic N) is 7. The van der Waals surface area contributed by atoms with Gasteiger partial charge in [0.05, 0.1) is 30.3 Å². The van der Waals surface area contributed by atoms with Gasteiger partial charge in [0.25, 0.3) is 0 Å². The highest BCUT2D eigenvalue weighted by Crippen LogP contribution is 2.27. The van der Waals surface area contributed by atoms with Crippen molar-refractivity contribution in [2.24, 2.45) is 0 Å². The molecule has 3 aromatic carbocycles. The van der Waals surface area contributed by atoms with Crippen LogP contribution in [0.1, 0.15) is 17.0 Å². The van der Waals surface area contributed by atoms with Crippen LogP contribution >= 0.6 is 80.0 Å². The van der Waals surface area contributed by atoms with Crippen LogP contribution in [0.5, 0.6) is 23.0 Å². The summed E-state index contributed by atoms with van der Waals surface area (Å²) in [6, 6.07) is 26.0. The first-order valence-electron chi connectivity index (χ1n) is 19.0. The lowest BCUT2D eigenvalue weighted by molar-refractivity contribution is -0.275. The van der Waals surface area contributed by atoms with Gasteiger partial charge in [-0.05, 0) is 148 Å². The molecule has 1 radical (unpaired) electrons. The van der Waals surface area contributed by atoms with Gasteiger partial charge in [0.2, 0.25) is 0 Å². The number of alkyl halides is 9. The first-order valence-corrected chi connectivity index (χ1v) is 22.3. The Bertz CT molecular complexity index is 2970. The highest BCUT2D eigenvalue weighted by atomic mass is 127. The molecular formula is C44H26BCl3F9I2N8O5. The van der Waals surface area contributed by atoms with Crippen LogP contribution in [-0.2, 0) is 0 Å². The van der Waals surface area contributed by atoms with E-state index in [-0.39, 0.29) is 28.2 Å². The summed E-state index contributed by atoms with van der Waals surface area (Å²) in [4.78, 5) is 7.94. The van der Waals surface area contributed by atoms with E-state index in [1.807, 2.05) is 40.8 Å². The van der Waals surface area contributed by atoms with Crippen molar-refractivity contribution in [3.8, 4) is 58.6 Å². The lowest BCUT2D eigenvalue weighted by Crippen LogP contribution is -2.17. The Morgan fingerprint density at radius 3 is 1.38 bits per heavy atom. The van der Waals surface area contributed by atoms with Gasteiger partial charge in [0.15, 0.2) is 10.3 Å². The molecule has 0 unspecified atom stereocenters. The van der Waals surface area contributed by atoms with Gasteiger partial charge >= 0.3 is 26.8 Å². The highest BCUT2D eigenvalue weighted by Gasteiger charge is 2.32. The minimum absolute atomic E-state index is 0.180. The van der Waals surface area contributed by atoms with Gasteiger partial charge in [-0.2, -0.15) is 15.3 Å². The quantitative estimate of drug-likeness (QED) is 0.0684. The maximum absolute atomic E-state index is 12.2. The monoisotopic (exact) mass is 1290 g/mol. The number of benzene rings is 3. The van der Waals surface area contributed by atoms with Crippen LogP contribution in [0.4, 0.5) is 39.5 Å². The van der Waals surface area contributed by atoms with Crippen molar-refractivity contribution in [1.29, 1.82) is 0 Å². The molecule has 0 aliphatic heterocycles. The molecule has 0 atom stereocenters. The number of aromatic amines is 1. The molecule has 373 valence electrons. The SMILES string of the molecule is C#Cc1ccccn1.Clc1[nH]ncc1I.FC(F)(F)Oc1ccc(-n2cc(C#Cc3ccccn3)c(Cl)n2)cc1.FC(F)(F)Oc1ccc(-n2cc(I)c(Cl)n2)cc1.O[B]Oc1ccc(OC(F)(F)F)cc1. The van der Waals surface area contributed by atoms with Gasteiger partial charge in [-0.3, -0.25) is 5.10 Å². The van der Waals surface area contributed by atoms with E-state index in [9.17, 15) is 39.5 Å². The van der Waals surface area contributed by atoms with Gasteiger partial charge in [-0.1, -0.05) is 58.8 Å². The summed E-state index contributed by atoms with van der Waals surface area (Å²) in [7, 11) is 0.430. The number of H-pyrrole nitrogens is 1. The first kappa shape index (κ1) is 58.2. The Morgan fingerprint density at radius 2 is 1.03 bits per heavy atom. The van der Waals surface area contributed by atoms with E-state index in [1.54, 1.807) is 49.2 Å². The standard InChI is InChI=1S/C17H9ClF3N3O.C10H5ClF3IN2O.C7H5BF3O3.C7H5N.C3H2ClIN2/c18-16-12(4-5-13-3-1-2-10-22-13)11-24(23-16)14-6-8-15(9-7-14)25-17(19,20)21;11-9-8(15)5-17(16-9)6-1-3-7(4-2-6)18-10(12,13)14;9-7(10,11)13-5-1-3-6(4-2-5)14-8-12;1-2-7-5-3-4-6-8-7;4-3-2(5)1-6-7-3/h1-3,6-11H;1-5H;1-4,12H;1,3-6H;1H,(H,6,7). The van der Waals surface area contributed by atoms with Crippen molar-refractivity contribution in [2.45, 2.75) is 19.1 Å². The molecule has 5 heterocycles. The summed E-state index contributed by atoms with van der Waals surface area (Å²) >= 11 is 21.4. The van der Waals surface area contributed by atoms with Gasteiger partial charge in [-0.15, -0.1) is 45.9 Å². The number of aromatic nitrogens is 8. The van der Waals surface area contributed by atoms with Crippen LogP contribution in [0.15, 0.2) is 140 Å². The molecule has 0 aliphatic rings. The Kier molecular flexibility index (Phi) is 22.7. The summed E-state index contributed by atoms with van der Waals surface area (Å²) in [5, 5.41) is 23.7. The number of ether oxygens (including phenoxy) is 3.